The van der Waals surface area contributed by atoms with Crippen molar-refractivity contribution >= 4 is 7.25 Å². The minimum atomic E-state index is -6.00. The zero-order valence-corrected chi connectivity index (χ0v) is 5.58. The quantitative estimate of drug-likeness (QED) is 0.304. The van der Waals surface area contributed by atoms with Crippen LogP contribution < -0.4 is 0 Å². The molecule has 0 aromatic rings. The number of hydrogen-bond acceptors (Lipinski definition) is 2. The summed E-state index contributed by atoms with van der Waals surface area (Å²) in [5.74, 6) is 0. The van der Waals surface area contributed by atoms with Crippen LogP contribution in [-0.4, -0.2) is 17.5 Å². The summed E-state index contributed by atoms with van der Waals surface area (Å²) in [6.45, 7) is 0. The van der Waals surface area contributed by atoms with Crippen molar-refractivity contribution in [2.24, 2.45) is 0 Å². The van der Waals surface area contributed by atoms with Crippen LogP contribution in [0.15, 0.2) is 0 Å². The first-order valence-corrected chi connectivity index (χ1v) is 1.44. The van der Waals surface area contributed by atoms with E-state index in [9.17, 15) is 17.3 Å². The van der Waals surface area contributed by atoms with Crippen molar-refractivity contribution in [3.05, 3.63) is 10.1 Å². The fraction of sp³-hybridized carbons (Fsp3) is 0. The molecule has 0 heterocycles. The van der Waals surface area contributed by atoms with Crippen LogP contribution in [0.25, 0.3) is 0 Å². The van der Waals surface area contributed by atoms with E-state index in [-0.39, 0.29) is 22.4 Å². The van der Waals surface area contributed by atoms with Gasteiger partial charge in [0.25, 0.3) is 5.09 Å². The Morgan fingerprint density at radius 3 is 1.30 bits per heavy atom. The summed E-state index contributed by atoms with van der Waals surface area (Å²) >= 11 is 0. The maximum atomic E-state index is 9.75. The van der Waals surface area contributed by atoms with Crippen LogP contribution in [0.2, 0.25) is 0 Å². The molecule has 0 aromatic carbocycles. The molecule has 0 aliphatic carbocycles. The third-order valence-electron chi connectivity index (χ3n) is 0. The van der Waals surface area contributed by atoms with Crippen LogP contribution in [0, 0.1) is 10.1 Å². The number of rotatable bonds is 0. The van der Waals surface area contributed by atoms with Crippen LogP contribution >= 0.6 is 0 Å². The predicted molar refractivity (Wildman–Crippen MR) is 19.0 cm³/mol. The molecule has 0 saturated carbocycles. The molecule has 1 N–H and O–H groups in total. The fourth-order valence-electron chi connectivity index (χ4n) is 0. The van der Waals surface area contributed by atoms with Crippen molar-refractivity contribution in [2.75, 3.05) is 0 Å². The van der Waals surface area contributed by atoms with Gasteiger partial charge in [0.1, 0.15) is 0 Å². The summed E-state index contributed by atoms with van der Waals surface area (Å²) in [5.41, 5.74) is 0. The van der Waals surface area contributed by atoms with Crippen LogP contribution in [0.5, 0.6) is 0 Å². The van der Waals surface area contributed by atoms with E-state index < -0.39 is 12.3 Å². The van der Waals surface area contributed by atoms with Crippen LogP contribution in [0.3, 0.4) is 0 Å². The molecular weight excluding hydrogens is 257 g/mol. The van der Waals surface area contributed by atoms with Gasteiger partial charge in [-0.1, -0.05) is 0 Å². The van der Waals surface area contributed by atoms with E-state index in [4.69, 9.17) is 15.3 Å². The maximum Gasteiger partial charge on any atom is 1.00 e. The molecule has 0 radical (unpaired) electrons. The van der Waals surface area contributed by atoms with Gasteiger partial charge in [-0.3, -0.25) is 0 Å². The molecule has 0 atom stereocenters. The largest absolute Gasteiger partial charge is 1.00 e. The molecule has 0 bridgehead atoms. The SMILES string of the molecule is F[B-](F)(F)F.O=[N+]([O-])O.[Ag+]. The number of hydrogen-bond donors (Lipinski definition) is 1. The summed E-state index contributed by atoms with van der Waals surface area (Å²) in [5, 5.41) is 13.6. The summed E-state index contributed by atoms with van der Waals surface area (Å²) in [6, 6.07) is 0. The van der Waals surface area contributed by atoms with E-state index in [2.05, 4.69) is 0 Å². The standard InChI is InChI=1S/Ag.BF4.HNO3/c;2-1(3,4)5;2-1(3)4/h;;(H,2,3,4)/q+1;-1;. The molecule has 0 aromatic heterocycles. The Kier molecular flexibility index (Phi) is 11.2. The first-order chi connectivity index (χ1) is 3.73. The maximum absolute atomic E-state index is 9.75. The zero-order chi connectivity index (χ0) is 8.08. The smallest absolute Gasteiger partial charge is 0.418 e. The first-order valence-electron chi connectivity index (χ1n) is 1.44. The van der Waals surface area contributed by atoms with Gasteiger partial charge in [-0.2, -0.15) is 0 Å². The van der Waals surface area contributed by atoms with Gasteiger partial charge in [-0.15, -0.1) is 10.1 Å². The Balaban J connectivity index is -0.0000000910. The normalized spacial score (nSPS) is 8.40. The average molecular weight is 258 g/mol. The van der Waals surface area contributed by atoms with Gasteiger partial charge < -0.3 is 22.5 Å². The Morgan fingerprint density at radius 1 is 1.30 bits per heavy atom. The van der Waals surface area contributed by atoms with Crippen molar-refractivity contribution in [2.45, 2.75) is 0 Å². The third-order valence-corrected chi connectivity index (χ3v) is 0. The van der Waals surface area contributed by atoms with Gasteiger partial charge in [-0.25, -0.2) is 0 Å². The zero-order valence-electron chi connectivity index (χ0n) is 4.10. The van der Waals surface area contributed by atoms with Gasteiger partial charge in [0.15, 0.2) is 0 Å². The Morgan fingerprint density at radius 2 is 1.30 bits per heavy atom. The molecule has 0 amide bonds. The van der Waals surface area contributed by atoms with E-state index in [0.29, 0.717) is 0 Å². The van der Waals surface area contributed by atoms with Crippen molar-refractivity contribution in [3.63, 3.8) is 0 Å². The molecule has 0 rings (SSSR count). The Hall–Kier alpha value is -0.275. The molecule has 66 valence electrons. The Bertz CT molecular complexity index is 83.0. The van der Waals surface area contributed by atoms with E-state index in [1.807, 2.05) is 0 Å². The molecule has 10 heavy (non-hydrogen) atoms. The molecule has 10 heteroatoms. The predicted octanol–water partition coefficient (Wildman–Crippen LogP) is 0.950. The summed E-state index contributed by atoms with van der Waals surface area (Å²) in [6.07, 6.45) is 0. The van der Waals surface area contributed by atoms with E-state index in [1.54, 1.807) is 0 Å². The molecule has 4 nitrogen and oxygen atoms in total. The topological polar surface area (TPSA) is 63.4 Å². The molecule has 0 unspecified atom stereocenters. The molecule has 0 fully saturated rings. The van der Waals surface area contributed by atoms with Crippen molar-refractivity contribution < 1.29 is 49.9 Å². The third kappa shape index (κ3) is 4630. The van der Waals surface area contributed by atoms with Crippen molar-refractivity contribution in [3.8, 4) is 0 Å². The fourth-order valence-corrected chi connectivity index (χ4v) is 0. The van der Waals surface area contributed by atoms with E-state index in [0.717, 1.165) is 0 Å². The van der Waals surface area contributed by atoms with Crippen molar-refractivity contribution in [1.29, 1.82) is 0 Å². The van der Waals surface area contributed by atoms with E-state index in [1.165, 1.54) is 0 Å². The van der Waals surface area contributed by atoms with Gasteiger partial charge >= 0.3 is 29.6 Å². The second-order valence-corrected chi connectivity index (χ2v) is 0.733. The summed E-state index contributed by atoms with van der Waals surface area (Å²) in [7, 11) is -6.00. The average Bonchev–Trinajstić information content (AvgIpc) is 1.19. The van der Waals surface area contributed by atoms with Gasteiger partial charge in [0.05, 0.1) is 0 Å². The molecular formula is HAgBF4NO3. The molecule has 0 saturated heterocycles. The molecule has 0 aliphatic rings. The summed E-state index contributed by atoms with van der Waals surface area (Å²) in [4.78, 5) is 8.36. The van der Waals surface area contributed by atoms with Gasteiger partial charge in [0.2, 0.25) is 0 Å². The second kappa shape index (κ2) is 6.84. The number of halogens is 4. The minimum absolute atomic E-state index is 0. The monoisotopic (exact) mass is 257 g/mol. The molecule has 0 aliphatic heterocycles. The second-order valence-electron chi connectivity index (χ2n) is 0.733. The van der Waals surface area contributed by atoms with E-state index >= 15 is 0 Å². The summed E-state index contributed by atoms with van der Waals surface area (Å²) < 4.78 is 39.0. The van der Waals surface area contributed by atoms with Gasteiger partial charge in [0, 0.05) is 0 Å². The van der Waals surface area contributed by atoms with Gasteiger partial charge in [-0.05, 0) is 0 Å². The van der Waals surface area contributed by atoms with Crippen molar-refractivity contribution in [1.82, 2.24) is 0 Å². The number of nitrogens with zero attached hydrogens (tertiary/aromatic N) is 1. The Labute approximate surface area is 67.9 Å². The van der Waals surface area contributed by atoms with Crippen LogP contribution in [-0.2, 0) is 22.4 Å². The van der Waals surface area contributed by atoms with Crippen LogP contribution in [0.4, 0.5) is 17.3 Å². The molecule has 0 spiro atoms. The van der Waals surface area contributed by atoms with Crippen LogP contribution in [0.1, 0.15) is 0 Å². The minimum Gasteiger partial charge on any atom is -0.418 e. The first kappa shape index (κ1) is 16.4.